The summed E-state index contributed by atoms with van der Waals surface area (Å²) in [6.45, 7) is 12.9. The lowest BCUT2D eigenvalue weighted by Gasteiger charge is -2.37. The van der Waals surface area contributed by atoms with E-state index in [-0.39, 0.29) is 17.1 Å². The first-order valence-electron chi connectivity index (χ1n) is 9.91. The number of hydrogen-bond donors (Lipinski definition) is 1. The summed E-state index contributed by atoms with van der Waals surface area (Å²) in [4.78, 5) is 31.5. The van der Waals surface area contributed by atoms with E-state index in [1.165, 1.54) is 6.92 Å². The maximum atomic E-state index is 13.4. The number of allylic oxidation sites excluding steroid dienone is 1. The van der Waals surface area contributed by atoms with Gasteiger partial charge < -0.3 is 5.32 Å². The second-order valence-electron chi connectivity index (χ2n) is 8.73. The lowest BCUT2D eigenvalue weighted by Crippen LogP contribution is -2.38. The first-order valence-corrected chi connectivity index (χ1v) is 10.7. The lowest BCUT2D eigenvalue weighted by molar-refractivity contribution is -0.118. The van der Waals surface area contributed by atoms with Crippen LogP contribution in [0.15, 0.2) is 47.7 Å². The Hall–Kier alpha value is -2.81. The normalized spacial score (nSPS) is 19.7. The smallest absolute Gasteiger partial charge is 0.224 e. The number of nitrogens with one attached hydrogen (secondary N) is 1. The van der Waals surface area contributed by atoms with Gasteiger partial charge in [-0.25, -0.2) is 4.85 Å². The standard InChI is InChI=1S/C24H21Cl2N3O2/c1-13(30)29-20-8-6-15(27-4)10-18(20)28-19-11-24(2,3)12-21(31)22(19)23(29)16-7-5-14(25)9-17(16)26/h5-10,23,28H,11-12H2,1-3H3. The Morgan fingerprint density at radius 2 is 1.94 bits per heavy atom. The minimum atomic E-state index is -0.701. The van der Waals surface area contributed by atoms with Crippen LogP contribution in [0.5, 0.6) is 0 Å². The van der Waals surface area contributed by atoms with Crippen molar-refractivity contribution in [2.24, 2.45) is 5.41 Å². The molecule has 31 heavy (non-hydrogen) atoms. The average molecular weight is 454 g/mol. The van der Waals surface area contributed by atoms with Gasteiger partial charge in [0.25, 0.3) is 0 Å². The summed E-state index contributed by atoms with van der Waals surface area (Å²) < 4.78 is 0. The minimum absolute atomic E-state index is 0.0285. The zero-order valence-electron chi connectivity index (χ0n) is 17.4. The molecule has 1 heterocycles. The number of carbonyl (C=O) groups is 2. The molecule has 0 saturated carbocycles. The number of hydrogen-bond acceptors (Lipinski definition) is 3. The van der Waals surface area contributed by atoms with Crippen LogP contribution in [-0.4, -0.2) is 11.7 Å². The van der Waals surface area contributed by atoms with E-state index in [2.05, 4.69) is 10.2 Å². The van der Waals surface area contributed by atoms with Gasteiger partial charge in [0, 0.05) is 34.7 Å². The molecular weight excluding hydrogens is 433 g/mol. The Morgan fingerprint density at radius 1 is 1.19 bits per heavy atom. The molecule has 158 valence electrons. The van der Waals surface area contributed by atoms with E-state index < -0.39 is 6.04 Å². The summed E-state index contributed by atoms with van der Waals surface area (Å²) in [5.41, 5.74) is 3.33. The highest BCUT2D eigenvalue weighted by atomic mass is 35.5. The van der Waals surface area contributed by atoms with Gasteiger partial charge >= 0.3 is 0 Å². The summed E-state index contributed by atoms with van der Waals surface area (Å²) in [6, 6.07) is 9.51. The number of rotatable bonds is 1. The van der Waals surface area contributed by atoms with Crippen molar-refractivity contribution in [3.63, 3.8) is 0 Å². The lowest BCUT2D eigenvalue weighted by atomic mass is 9.73. The van der Waals surface area contributed by atoms with Gasteiger partial charge in [0.2, 0.25) is 5.91 Å². The predicted molar refractivity (Wildman–Crippen MR) is 124 cm³/mol. The molecule has 2 aromatic rings. The van der Waals surface area contributed by atoms with Gasteiger partial charge in [-0.3, -0.25) is 14.5 Å². The molecule has 0 spiro atoms. The quantitative estimate of drug-likeness (QED) is 0.488. The number of halogens is 2. The monoisotopic (exact) mass is 453 g/mol. The van der Waals surface area contributed by atoms with Gasteiger partial charge in [-0.15, -0.1) is 0 Å². The van der Waals surface area contributed by atoms with E-state index in [1.54, 1.807) is 41.3 Å². The van der Waals surface area contributed by atoms with Crippen LogP contribution in [0.3, 0.4) is 0 Å². The Labute approximate surface area is 191 Å². The number of amides is 1. The van der Waals surface area contributed by atoms with Crippen molar-refractivity contribution in [1.82, 2.24) is 0 Å². The molecule has 0 saturated heterocycles. The number of nitrogens with zero attached hydrogens (tertiary/aromatic N) is 2. The summed E-state index contributed by atoms with van der Waals surface area (Å²) in [7, 11) is 0. The third kappa shape index (κ3) is 3.82. The zero-order valence-corrected chi connectivity index (χ0v) is 18.9. The van der Waals surface area contributed by atoms with Crippen LogP contribution in [0.25, 0.3) is 4.85 Å². The number of anilines is 2. The van der Waals surface area contributed by atoms with E-state index in [9.17, 15) is 9.59 Å². The highest BCUT2D eigenvalue weighted by Crippen LogP contribution is 2.50. The third-order valence-electron chi connectivity index (χ3n) is 5.70. The van der Waals surface area contributed by atoms with E-state index >= 15 is 0 Å². The second-order valence-corrected chi connectivity index (χ2v) is 9.57. The Balaban J connectivity index is 2.05. The Bertz CT molecular complexity index is 1190. The molecule has 0 fully saturated rings. The van der Waals surface area contributed by atoms with E-state index in [0.29, 0.717) is 51.1 Å². The molecule has 0 bridgehead atoms. The van der Waals surface area contributed by atoms with Gasteiger partial charge in [0.05, 0.1) is 24.0 Å². The maximum Gasteiger partial charge on any atom is 0.224 e. The third-order valence-corrected chi connectivity index (χ3v) is 6.26. The first kappa shape index (κ1) is 21.4. The van der Waals surface area contributed by atoms with Gasteiger partial charge in [0.15, 0.2) is 11.5 Å². The molecule has 1 unspecified atom stereocenters. The van der Waals surface area contributed by atoms with Crippen LogP contribution in [0, 0.1) is 12.0 Å². The number of fused-ring (bicyclic) bond motifs is 1. The topological polar surface area (TPSA) is 53.8 Å². The van der Waals surface area contributed by atoms with Crippen molar-refractivity contribution in [3.8, 4) is 0 Å². The molecule has 1 atom stereocenters. The maximum absolute atomic E-state index is 13.4. The van der Waals surface area contributed by atoms with Crippen molar-refractivity contribution in [2.45, 2.75) is 39.7 Å². The SMILES string of the molecule is [C-]#[N+]c1ccc2c(c1)NC1=C(C(=O)CC(C)(C)C1)C(c1ccc(Cl)cc1Cl)N2C(C)=O. The van der Waals surface area contributed by atoms with Crippen LogP contribution >= 0.6 is 23.2 Å². The van der Waals surface area contributed by atoms with Crippen molar-refractivity contribution in [1.29, 1.82) is 0 Å². The number of ketones is 1. The average Bonchev–Trinajstić information content (AvgIpc) is 2.80. The molecule has 1 aliphatic heterocycles. The fourth-order valence-corrected chi connectivity index (χ4v) is 4.98. The second kappa shape index (κ2) is 7.71. The largest absolute Gasteiger partial charge is 0.358 e. The Kier molecular flexibility index (Phi) is 5.33. The zero-order chi connectivity index (χ0) is 22.5. The molecule has 2 aromatic carbocycles. The molecule has 0 radical (unpaired) electrons. The van der Waals surface area contributed by atoms with Crippen molar-refractivity contribution < 1.29 is 9.59 Å². The molecule has 1 amide bonds. The van der Waals surface area contributed by atoms with Crippen LogP contribution in [0.4, 0.5) is 17.1 Å². The first-order chi connectivity index (χ1) is 14.6. The van der Waals surface area contributed by atoms with Crippen molar-refractivity contribution in [3.05, 3.63) is 74.7 Å². The van der Waals surface area contributed by atoms with Crippen molar-refractivity contribution in [2.75, 3.05) is 10.2 Å². The van der Waals surface area contributed by atoms with Crippen molar-refractivity contribution >= 4 is 52.0 Å². The highest BCUT2D eigenvalue weighted by molar-refractivity contribution is 6.35. The number of benzene rings is 2. The van der Waals surface area contributed by atoms with E-state index in [0.717, 1.165) is 5.70 Å². The predicted octanol–water partition coefficient (Wildman–Crippen LogP) is 6.71. The Morgan fingerprint density at radius 3 is 2.58 bits per heavy atom. The minimum Gasteiger partial charge on any atom is -0.358 e. The molecule has 5 nitrogen and oxygen atoms in total. The molecule has 0 aromatic heterocycles. The summed E-state index contributed by atoms with van der Waals surface area (Å²) in [5, 5.41) is 4.25. The highest BCUT2D eigenvalue weighted by Gasteiger charge is 2.43. The summed E-state index contributed by atoms with van der Waals surface area (Å²) in [5.74, 6) is -0.264. The van der Waals surface area contributed by atoms with Crippen LogP contribution < -0.4 is 10.2 Å². The van der Waals surface area contributed by atoms with Crippen LogP contribution in [0.2, 0.25) is 10.0 Å². The fourth-order valence-electron chi connectivity index (χ4n) is 4.47. The van der Waals surface area contributed by atoms with Crippen LogP contribution in [-0.2, 0) is 9.59 Å². The molecule has 4 rings (SSSR count). The number of Topliss-reactive ketones (excluding diaryl/α,β-unsaturated/α-hetero) is 1. The molecule has 7 heteroatoms. The number of carbonyl (C=O) groups excluding carboxylic acids is 2. The van der Waals surface area contributed by atoms with E-state index in [4.69, 9.17) is 29.8 Å². The van der Waals surface area contributed by atoms with Gasteiger partial charge in [-0.1, -0.05) is 49.2 Å². The summed E-state index contributed by atoms with van der Waals surface area (Å²) in [6.07, 6.45) is 0.994. The molecular formula is C24H21Cl2N3O2. The van der Waals surface area contributed by atoms with Gasteiger partial charge in [-0.05, 0) is 41.7 Å². The van der Waals surface area contributed by atoms with Crippen LogP contribution in [0.1, 0.15) is 45.2 Å². The van der Waals surface area contributed by atoms with Gasteiger partial charge in [-0.2, -0.15) is 0 Å². The molecule has 1 aliphatic carbocycles. The van der Waals surface area contributed by atoms with Gasteiger partial charge in [0.1, 0.15) is 0 Å². The summed E-state index contributed by atoms with van der Waals surface area (Å²) >= 11 is 12.7. The molecule has 2 aliphatic rings. The fraction of sp³-hybridized carbons (Fsp3) is 0.292. The molecule has 1 N–H and O–H groups in total. The van der Waals surface area contributed by atoms with E-state index in [1.807, 2.05) is 13.8 Å².